The van der Waals surface area contributed by atoms with E-state index in [0.29, 0.717) is 24.3 Å². The number of benzene rings is 2. The first-order valence-corrected chi connectivity index (χ1v) is 10.7. The van der Waals surface area contributed by atoms with Crippen LogP contribution in [0.4, 0.5) is 10.1 Å². The second-order valence-corrected chi connectivity index (χ2v) is 8.90. The molecule has 0 radical (unpaired) electrons. The van der Waals surface area contributed by atoms with Crippen LogP contribution >= 0.6 is 0 Å². The normalized spacial score (nSPS) is 15.8. The van der Waals surface area contributed by atoms with Gasteiger partial charge in [-0.15, -0.1) is 0 Å². The summed E-state index contributed by atoms with van der Waals surface area (Å²) in [5.41, 5.74) is 1.18. The second-order valence-electron chi connectivity index (χ2n) is 6.97. The van der Waals surface area contributed by atoms with E-state index in [-0.39, 0.29) is 36.2 Å². The Labute approximate surface area is 169 Å². The molecule has 9 heteroatoms. The van der Waals surface area contributed by atoms with E-state index in [4.69, 9.17) is 0 Å². The molecule has 1 amide bonds. The van der Waals surface area contributed by atoms with Gasteiger partial charge in [0.1, 0.15) is 5.82 Å². The molecule has 0 spiro atoms. The van der Waals surface area contributed by atoms with Gasteiger partial charge in [0, 0.05) is 11.3 Å². The summed E-state index contributed by atoms with van der Waals surface area (Å²) in [5.74, 6) is -0.702. The number of nitrogens with zero attached hydrogens (tertiary/aromatic N) is 1. The summed E-state index contributed by atoms with van der Waals surface area (Å²) in [6, 6.07) is 11.4. The van der Waals surface area contributed by atoms with Crippen molar-refractivity contribution in [2.45, 2.75) is 11.8 Å². The monoisotopic (exact) mass is 420 g/mol. The van der Waals surface area contributed by atoms with Crippen LogP contribution in [0.3, 0.4) is 0 Å². The Balaban J connectivity index is 1.52. The van der Waals surface area contributed by atoms with Crippen molar-refractivity contribution in [3.05, 3.63) is 59.9 Å². The van der Waals surface area contributed by atoms with Crippen molar-refractivity contribution >= 4 is 27.4 Å². The lowest BCUT2D eigenvalue weighted by atomic mass is 10.1. The van der Waals surface area contributed by atoms with E-state index in [0.717, 1.165) is 17.0 Å². The zero-order valence-electron chi connectivity index (χ0n) is 16.0. The highest BCUT2D eigenvalue weighted by Gasteiger charge is 2.31. The van der Waals surface area contributed by atoms with Crippen LogP contribution in [0, 0.1) is 5.82 Å². The molecule has 154 valence electrons. The molecule has 3 rings (SSSR count). The number of quaternary nitrogens is 1. The molecule has 0 bridgehead atoms. The van der Waals surface area contributed by atoms with Gasteiger partial charge in [0.2, 0.25) is 10.0 Å². The Bertz CT molecular complexity index is 983. The summed E-state index contributed by atoms with van der Waals surface area (Å²) < 4.78 is 39.7. The van der Waals surface area contributed by atoms with Crippen LogP contribution in [-0.2, 0) is 14.8 Å². The zero-order chi connectivity index (χ0) is 21.0. The fraction of sp³-hybridized carbons (Fsp3) is 0.300. The van der Waals surface area contributed by atoms with Gasteiger partial charge in [-0.1, -0.05) is 0 Å². The van der Waals surface area contributed by atoms with Crippen molar-refractivity contribution in [3.63, 3.8) is 0 Å². The number of ketones is 1. The lowest BCUT2D eigenvalue weighted by molar-refractivity contribution is -0.895. The fourth-order valence-electron chi connectivity index (χ4n) is 3.20. The number of carbonyl (C=O) groups is 2. The van der Waals surface area contributed by atoms with Crippen LogP contribution in [0.5, 0.6) is 0 Å². The Morgan fingerprint density at radius 2 is 1.62 bits per heavy atom. The summed E-state index contributed by atoms with van der Waals surface area (Å²) in [7, 11) is -3.67. The van der Waals surface area contributed by atoms with Crippen molar-refractivity contribution in [1.82, 2.24) is 4.31 Å². The predicted molar refractivity (Wildman–Crippen MR) is 106 cm³/mol. The number of anilines is 1. The lowest BCUT2D eigenvalue weighted by Gasteiger charge is -2.31. The number of amides is 1. The number of Topliss-reactive ketones (excluding diaryl/α,β-unsaturated/α-hetero) is 1. The molecule has 29 heavy (non-hydrogen) atoms. The number of halogens is 1. The molecule has 1 fully saturated rings. The zero-order valence-corrected chi connectivity index (χ0v) is 16.8. The average Bonchev–Trinajstić information content (AvgIpc) is 2.69. The molecule has 7 nitrogen and oxygen atoms in total. The minimum atomic E-state index is -3.67. The van der Waals surface area contributed by atoms with Crippen molar-refractivity contribution in [1.29, 1.82) is 0 Å². The van der Waals surface area contributed by atoms with Crippen LogP contribution in [-0.4, -0.2) is 57.1 Å². The van der Waals surface area contributed by atoms with Gasteiger partial charge in [-0.3, -0.25) is 9.59 Å². The van der Waals surface area contributed by atoms with Crippen LogP contribution < -0.4 is 10.2 Å². The summed E-state index contributed by atoms with van der Waals surface area (Å²) in [6.45, 7) is 3.27. The van der Waals surface area contributed by atoms with Gasteiger partial charge in [0.25, 0.3) is 5.91 Å². The summed E-state index contributed by atoms with van der Waals surface area (Å²) in [4.78, 5) is 24.6. The third-order valence-electron chi connectivity index (χ3n) is 4.87. The van der Waals surface area contributed by atoms with Gasteiger partial charge in [-0.25, -0.2) is 12.8 Å². The molecule has 0 aliphatic carbocycles. The molecular weight excluding hydrogens is 397 g/mol. The van der Waals surface area contributed by atoms with Gasteiger partial charge >= 0.3 is 0 Å². The number of carbonyl (C=O) groups excluding carboxylic acids is 2. The molecule has 0 atom stereocenters. The number of rotatable bonds is 6. The first-order valence-electron chi connectivity index (χ1n) is 9.26. The Morgan fingerprint density at radius 3 is 2.17 bits per heavy atom. The number of nitrogens with one attached hydrogen (secondary N) is 2. The van der Waals surface area contributed by atoms with Crippen molar-refractivity contribution in [2.75, 3.05) is 38.0 Å². The molecule has 0 aromatic heterocycles. The molecule has 2 aromatic carbocycles. The van der Waals surface area contributed by atoms with Crippen molar-refractivity contribution < 1.29 is 27.3 Å². The van der Waals surface area contributed by atoms with E-state index in [1.165, 1.54) is 23.4 Å². The molecule has 1 heterocycles. The molecule has 2 N–H and O–H groups in total. The van der Waals surface area contributed by atoms with Crippen LogP contribution in [0.15, 0.2) is 53.4 Å². The predicted octanol–water partition coefficient (Wildman–Crippen LogP) is 0.556. The maximum Gasteiger partial charge on any atom is 0.279 e. The van der Waals surface area contributed by atoms with Crippen molar-refractivity contribution in [3.8, 4) is 0 Å². The molecule has 1 aliphatic rings. The molecule has 0 unspecified atom stereocenters. The van der Waals surface area contributed by atoms with E-state index >= 15 is 0 Å². The Kier molecular flexibility index (Phi) is 6.41. The third-order valence-corrected chi connectivity index (χ3v) is 6.78. The minimum absolute atomic E-state index is 0.0409. The topological polar surface area (TPSA) is 88.0 Å². The lowest BCUT2D eigenvalue weighted by Crippen LogP contribution is -3.15. The van der Waals surface area contributed by atoms with E-state index in [1.54, 1.807) is 24.3 Å². The fourth-order valence-corrected chi connectivity index (χ4v) is 4.64. The molecule has 2 aromatic rings. The molecule has 1 saturated heterocycles. The van der Waals surface area contributed by atoms with Gasteiger partial charge in [0.15, 0.2) is 12.3 Å². The quantitative estimate of drug-likeness (QED) is 0.669. The first-order chi connectivity index (χ1) is 13.8. The van der Waals surface area contributed by atoms with Gasteiger partial charge < -0.3 is 10.2 Å². The molecule has 1 aliphatic heterocycles. The van der Waals surface area contributed by atoms with E-state index in [9.17, 15) is 22.4 Å². The van der Waals surface area contributed by atoms with Gasteiger partial charge in [0.05, 0.1) is 31.1 Å². The van der Waals surface area contributed by atoms with E-state index in [1.807, 2.05) is 0 Å². The summed E-state index contributed by atoms with van der Waals surface area (Å²) in [5, 5.41) is 2.79. The summed E-state index contributed by atoms with van der Waals surface area (Å²) >= 11 is 0. The maximum absolute atomic E-state index is 13.0. The second kappa shape index (κ2) is 8.81. The third kappa shape index (κ3) is 5.26. The summed E-state index contributed by atoms with van der Waals surface area (Å²) in [6.07, 6.45) is 0. The number of sulfonamides is 1. The number of hydrogen-bond acceptors (Lipinski definition) is 4. The average molecular weight is 420 g/mol. The van der Waals surface area contributed by atoms with Crippen LogP contribution in [0.25, 0.3) is 0 Å². The van der Waals surface area contributed by atoms with Gasteiger partial charge in [-0.2, -0.15) is 4.31 Å². The number of piperazine rings is 1. The van der Waals surface area contributed by atoms with Crippen molar-refractivity contribution in [2.24, 2.45) is 0 Å². The SMILES string of the molecule is CC(=O)c1ccc(NC(=O)C[NH+]2CCN(S(=O)(=O)c3ccc(F)cc3)CC2)cc1. The Hall–Kier alpha value is -2.62. The molecular formula is C20H23FN3O4S+. The first kappa shape index (κ1) is 21.1. The largest absolute Gasteiger partial charge is 0.325 e. The maximum atomic E-state index is 13.0. The van der Waals surface area contributed by atoms with E-state index < -0.39 is 15.8 Å². The highest BCUT2D eigenvalue weighted by Crippen LogP contribution is 2.16. The number of hydrogen-bond donors (Lipinski definition) is 2. The standard InChI is InChI=1S/C20H22FN3O4S/c1-15(25)16-2-6-18(7-3-16)22-20(26)14-23-10-12-24(13-11-23)29(27,28)19-8-4-17(21)5-9-19/h2-9H,10-14H2,1H3,(H,22,26)/p+1. The van der Waals surface area contributed by atoms with Crippen LogP contribution in [0.1, 0.15) is 17.3 Å². The highest BCUT2D eigenvalue weighted by molar-refractivity contribution is 7.89. The molecule has 0 saturated carbocycles. The Morgan fingerprint density at radius 1 is 1.03 bits per heavy atom. The van der Waals surface area contributed by atoms with Crippen LogP contribution in [0.2, 0.25) is 0 Å². The van der Waals surface area contributed by atoms with E-state index in [2.05, 4.69) is 5.32 Å². The minimum Gasteiger partial charge on any atom is -0.325 e. The highest BCUT2D eigenvalue weighted by atomic mass is 32.2. The van der Waals surface area contributed by atoms with Gasteiger partial charge in [-0.05, 0) is 55.5 Å². The smallest absolute Gasteiger partial charge is 0.279 e.